The Kier molecular flexibility index (Phi) is 2.06. The first-order chi connectivity index (χ1) is 6.67. The topological polar surface area (TPSA) is 66.0 Å². The van der Waals surface area contributed by atoms with E-state index in [1.54, 1.807) is 6.20 Å². The minimum absolute atomic E-state index is 0.670. The number of aromatic amines is 1. The minimum atomic E-state index is -0.709. The molecule has 1 heterocycles. The van der Waals surface area contributed by atoms with Gasteiger partial charge in [-0.3, -0.25) is 9.89 Å². The van der Waals surface area contributed by atoms with Gasteiger partial charge >= 0.3 is 5.97 Å². The maximum atomic E-state index is 11.3. The van der Waals surface area contributed by atoms with Gasteiger partial charge in [0.25, 0.3) is 0 Å². The van der Waals surface area contributed by atoms with Crippen molar-refractivity contribution in [3.8, 4) is 0 Å². The average molecular weight is 194 g/mol. The molecule has 0 spiro atoms. The van der Waals surface area contributed by atoms with E-state index in [0.29, 0.717) is 0 Å². The van der Waals surface area contributed by atoms with Crippen LogP contribution >= 0.6 is 0 Å². The van der Waals surface area contributed by atoms with E-state index in [0.717, 1.165) is 36.9 Å². The molecule has 0 aromatic carbocycles. The van der Waals surface area contributed by atoms with Crippen LogP contribution in [-0.4, -0.2) is 21.3 Å². The summed E-state index contributed by atoms with van der Waals surface area (Å²) in [5.41, 5.74) is 1.08. The number of carboxylic acids is 1. The normalized spacial score (nSPS) is 19.8. The van der Waals surface area contributed by atoms with Crippen LogP contribution in [0.25, 0.3) is 0 Å². The smallest absolute Gasteiger partial charge is 0.314 e. The molecule has 4 heteroatoms. The number of aliphatic carboxylic acids is 1. The molecule has 1 aliphatic carbocycles. The number of carboxylic acid groups (broad SMARTS) is 1. The lowest BCUT2D eigenvalue weighted by Crippen LogP contribution is -2.32. The summed E-state index contributed by atoms with van der Waals surface area (Å²) in [6.45, 7) is 1.88. The van der Waals surface area contributed by atoms with E-state index in [1.807, 2.05) is 6.92 Å². The molecule has 2 N–H and O–H groups in total. The van der Waals surface area contributed by atoms with Gasteiger partial charge in [-0.1, -0.05) is 12.8 Å². The van der Waals surface area contributed by atoms with Crippen molar-refractivity contribution < 1.29 is 9.90 Å². The largest absolute Gasteiger partial charge is 0.481 e. The number of rotatable bonds is 2. The molecule has 1 aromatic heterocycles. The summed E-state index contributed by atoms with van der Waals surface area (Å²) >= 11 is 0. The highest BCUT2D eigenvalue weighted by atomic mass is 16.4. The first-order valence-electron chi connectivity index (χ1n) is 4.91. The van der Waals surface area contributed by atoms with E-state index in [1.165, 1.54) is 0 Å². The number of aromatic nitrogens is 2. The summed E-state index contributed by atoms with van der Waals surface area (Å²) in [7, 11) is 0. The van der Waals surface area contributed by atoms with Gasteiger partial charge in [0.15, 0.2) is 0 Å². The lowest BCUT2D eigenvalue weighted by atomic mass is 9.79. The third kappa shape index (κ3) is 1.14. The zero-order valence-electron chi connectivity index (χ0n) is 8.21. The van der Waals surface area contributed by atoms with E-state index in [4.69, 9.17) is 0 Å². The fourth-order valence-electron chi connectivity index (χ4n) is 2.41. The monoisotopic (exact) mass is 194 g/mol. The van der Waals surface area contributed by atoms with Crippen molar-refractivity contribution in [3.63, 3.8) is 0 Å². The second kappa shape index (κ2) is 3.12. The van der Waals surface area contributed by atoms with Crippen LogP contribution in [-0.2, 0) is 10.2 Å². The molecule has 4 nitrogen and oxygen atoms in total. The van der Waals surface area contributed by atoms with Crippen molar-refractivity contribution in [2.75, 3.05) is 0 Å². The number of nitrogens with zero attached hydrogens (tertiary/aromatic N) is 1. The highest BCUT2D eigenvalue weighted by Gasteiger charge is 2.44. The third-order valence-corrected chi connectivity index (χ3v) is 3.21. The van der Waals surface area contributed by atoms with Crippen molar-refractivity contribution in [3.05, 3.63) is 17.5 Å². The molecule has 0 unspecified atom stereocenters. The predicted molar refractivity (Wildman–Crippen MR) is 51.1 cm³/mol. The standard InChI is InChI=1S/C10H14N2O2/c1-7-8(6-11-12-7)10(9(13)14)4-2-3-5-10/h6H,2-5H2,1H3,(H,11,12)(H,13,14). The molecule has 0 amide bonds. The van der Waals surface area contributed by atoms with E-state index in [-0.39, 0.29) is 0 Å². The number of hydrogen-bond acceptors (Lipinski definition) is 2. The van der Waals surface area contributed by atoms with Crippen molar-refractivity contribution in [1.82, 2.24) is 10.2 Å². The number of hydrogen-bond donors (Lipinski definition) is 2. The van der Waals surface area contributed by atoms with Crippen LogP contribution in [0.4, 0.5) is 0 Å². The van der Waals surface area contributed by atoms with Crippen molar-refractivity contribution in [2.45, 2.75) is 38.0 Å². The van der Waals surface area contributed by atoms with Crippen molar-refractivity contribution >= 4 is 5.97 Å². The lowest BCUT2D eigenvalue weighted by molar-refractivity contribution is -0.143. The Hall–Kier alpha value is -1.32. The molecule has 14 heavy (non-hydrogen) atoms. The van der Waals surface area contributed by atoms with Crippen LogP contribution in [0.1, 0.15) is 36.9 Å². The molecule has 0 aliphatic heterocycles. The van der Waals surface area contributed by atoms with Gasteiger partial charge in [0, 0.05) is 11.3 Å². The SMILES string of the molecule is Cc1[nH]ncc1C1(C(=O)O)CCCC1. The lowest BCUT2D eigenvalue weighted by Gasteiger charge is -2.23. The first kappa shape index (κ1) is 9.24. The molecule has 1 aromatic rings. The Morgan fingerprint density at radius 3 is 2.64 bits per heavy atom. The van der Waals surface area contributed by atoms with Gasteiger partial charge in [-0.25, -0.2) is 0 Å². The number of carbonyl (C=O) groups is 1. The second-order valence-corrected chi connectivity index (χ2v) is 4.00. The number of H-pyrrole nitrogens is 1. The van der Waals surface area contributed by atoms with E-state index >= 15 is 0 Å². The summed E-state index contributed by atoms with van der Waals surface area (Å²) in [4.78, 5) is 11.3. The summed E-state index contributed by atoms with van der Waals surface area (Å²) in [6.07, 6.45) is 5.13. The molecular formula is C10H14N2O2. The summed E-state index contributed by atoms with van der Waals surface area (Å²) in [5, 5.41) is 16.0. The quantitative estimate of drug-likeness (QED) is 0.751. The maximum Gasteiger partial charge on any atom is 0.314 e. The van der Waals surface area contributed by atoms with Crippen LogP contribution in [0.3, 0.4) is 0 Å². The van der Waals surface area contributed by atoms with Gasteiger partial charge in [-0.2, -0.15) is 5.10 Å². The fraction of sp³-hybridized carbons (Fsp3) is 0.600. The molecular weight excluding hydrogens is 180 g/mol. The maximum absolute atomic E-state index is 11.3. The summed E-state index contributed by atoms with van der Waals surface area (Å²) in [5.74, 6) is -0.709. The highest BCUT2D eigenvalue weighted by molar-refractivity contribution is 5.82. The first-order valence-corrected chi connectivity index (χ1v) is 4.91. The minimum Gasteiger partial charge on any atom is -0.481 e. The van der Waals surface area contributed by atoms with E-state index in [2.05, 4.69) is 10.2 Å². The van der Waals surface area contributed by atoms with Gasteiger partial charge in [-0.15, -0.1) is 0 Å². The Labute approximate surface area is 82.3 Å². The molecule has 1 fully saturated rings. The Bertz CT molecular complexity index is 351. The van der Waals surface area contributed by atoms with E-state index < -0.39 is 11.4 Å². The Morgan fingerprint density at radius 2 is 2.21 bits per heavy atom. The van der Waals surface area contributed by atoms with E-state index in [9.17, 15) is 9.90 Å². The third-order valence-electron chi connectivity index (χ3n) is 3.21. The second-order valence-electron chi connectivity index (χ2n) is 4.00. The van der Waals surface area contributed by atoms with Gasteiger partial charge in [0.2, 0.25) is 0 Å². The summed E-state index contributed by atoms with van der Waals surface area (Å²) in [6, 6.07) is 0. The Morgan fingerprint density at radius 1 is 1.57 bits per heavy atom. The zero-order valence-corrected chi connectivity index (χ0v) is 8.21. The highest BCUT2D eigenvalue weighted by Crippen LogP contribution is 2.42. The molecule has 1 aliphatic rings. The summed E-state index contributed by atoms with van der Waals surface area (Å²) < 4.78 is 0. The molecule has 0 bridgehead atoms. The zero-order chi connectivity index (χ0) is 10.2. The van der Waals surface area contributed by atoms with Crippen LogP contribution in [0.2, 0.25) is 0 Å². The van der Waals surface area contributed by atoms with Gasteiger partial charge in [0.1, 0.15) is 0 Å². The molecule has 0 saturated heterocycles. The predicted octanol–water partition coefficient (Wildman–Crippen LogP) is 1.61. The molecule has 2 rings (SSSR count). The average Bonchev–Trinajstić information content (AvgIpc) is 2.72. The van der Waals surface area contributed by atoms with Crippen molar-refractivity contribution in [2.24, 2.45) is 0 Å². The van der Waals surface area contributed by atoms with Gasteiger partial charge < -0.3 is 5.11 Å². The van der Waals surface area contributed by atoms with Crippen LogP contribution < -0.4 is 0 Å². The van der Waals surface area contributed by atoms with Crippen molar-refractivity contribution in [1.29, 1.82) is 0 Å². The molecule has 0 atom stereocenters. The van der Waals surface area contributed by atoms with Crippen LogP contribution in [0, 0.1) is 6.92 Å². The van der Waals surface area contributed by atoms with Crippen LogP contribution in [0.15, 0.2) is 6.20 Å². The molecule has 1 saturated carbocycles. The van der Waals surface area contributed by atoms with Gasteiger partial charge in [0.05, 0.1) is 11.6 Å². The molecule has 0 radical (unpaired) electrons. The fourth-order valence-corrected chi connectivity index (χ4v) is 2.41. The molecule has 76 valence electrons. The van der Waals surface area contributed by atoms with Gasteiger partial charge in [-0.05, 0) is 19.8 Å². The Balaban J connectivity index is 2.46. The number of nitrogens with one attached hydrogen (secondary N) is 1. The van der Waals surface area contributed by atoms with Crippen LogP contribution in [0.5, 0.6) is 0 Å². The number of aryl methyl sites for hydroxylation is 1.